The van der Waals surface area contributed by atoms with Gasteiger partial charge in [0, 0.05) is 81.3 Å². The average molecular weight is 1040 g/mol. The number of aromatic nitrogens is 3. The molecular formula is C54H66FN9O9S. The molecule has 0 unspecified atom stereocenters. The molecule has 1 atom stereocenters. The van der Waals surface area contributed by atoms with Crippen molar-refractivity contribution in [1.82, 2.24) is 29.5 Å². The van der Waals surface area contributed by atoms with E-state index < -0.39 is 42.9 Å². The molecule has 5 fully saturated rings. The van der Waals surface area contributed by atoms with E-state index in [4.69, 9.17) is 9.47 Å². The number of aromatic amines is 1. The quantitative estimate of drug-likeness (QED) is 0.0535. The number of nitrogens with one attached hydrogen (secondary N) is 3. The molecule has 0 bridgehead atoms. The highest BCUT2D eigenvalue weighted by Crippen LogP contribution is 2.54. The highest BCUT2D eigenvalue weighted by atomic mass is 32.2. The Hall–Kier alpha value is -6.38. The number of piperazine rings is 1. The number of pyridine rings is 2. The molecule has 20 heteroatoms. The summed E-state index contributed by atoms with van der Waals surface area (Å²) < 4.78 is 57.0. The minimum Gasteiger partial charge on any atom is -0.475 e. The number of benzene rings is 2. The predicted octanol–water partition coefficient (Wildman–Crippen LogP) is 8.84. The van der Waals surface area contributed by atoms with Gasteiger partial charge in [-0.05, 0) is 119 Å². The molecule has 2 aromatic carbocycles. The number of nitro groups is 1. The molecule has 18 nitrogen and oxygen atoms in total. The zero-order valence-corrected chi connectivity index (χ0v) is 43.3. The van der Waals surface area contributed by atoms with Gasteiger partial charge in [-0.1, -0.05) is 38.1 Å². The van der Waals surface area contributed by atoms with Crippen LogP contribution >= 0.6 is 0 Å². The van der Waals surface area contributed by atoms with Crippen molar-refractivity contribution < 1.29 is 41.9 Å². The van der Waals surface area contributed by atoms with E-state index in [9.17, 15) is 37.6 Å². The molecule has 1 spiro atoms. The first-order valence-corrected chi connectivity index (χ1v) is 27.6. The molecule has 3 aromatic heterocycles. The number of aliphatic hydroxyl groups is 1. The Bertz CT molecular complexity index is 3050. The Labute approximate surface area is 430 Å². The maximum atomic E-state index is 15.0. The fourth-order valence-corrected chi connectivity index (χ4v) is 12.6. The van der Waals surface area contributed by atoms with Crippen LogP contribution in [0.5, 0.6) is 17.4 Å². The van der Waals surface area contributed by atoms with Crippen LogP contribution in [0.1, 0.15) is 125 Å². The number of piperidine rings is 1. The number of anilines is 2. The third kappa shape index (κ3) is 10.6. The van der Waals surface area contributed by atoms with Crippen molar-refractivity contribution in [3.63, 3.8) is 0 Å². The molecule has 74 heavy (non-hydrogen) atoms. The molecule has 394 valence electrons. The second kappa shape index (κ2) is 20.4. The lowest BCUT2D eigenvalue weighted by molar-refractivity contribution is -0.384. The van der Waals surface area contributed by atoms with E-state index in [0.717, 1.165) is 70.1 Å². The summed E-state index contributed by atoms with van der Waals surface area (Å²) in [6.45, 7) is 12.2. The molecule has 2 aliphatic heterocycles. The lowest BCUT2D eigenvalue weighted by atomic mass is 9.59. The number of nitrogens with zero attached hydrogens (tertiary/aromatic N) is 6. The summed E-state index contributed by atoms with van der Waals surface area (Å²) in [7, 11) is -4.75. The van der Waals surface area contributed by atoms with E-state index in [1.165, 1.54) is 23.3 Å². The van der Waals surface area contributed by atoms with Gasteiger partial charge in [0.05, 0.1) is 40.3 Å². The first-order chi connectivity index (χ1) is 35.4. The summed E-state index contributed by atoms with van der Waals surface area (Å²) in [6.07, 6.45) is 10.6. The Balaban J connectivity index is 0.870. The molecule has 2 saturated heterocycles. The standard InChI is InChI=1S/C54H66FN9O9S/c1-5-72-51-47(26-42-43(55)31-58-48(42)59-51)73-46-24-36(12-13-41(46)50(65)60-74(70,71)38-25-44(64(68)69)49(57-30-38)56-29-34-14-16-53(4,67)17-15-34)61-20-18-54(19-21-61)27-37(28-54)63-23-22-62(52(66)35-10-11-35)32-45(63)40-9-7-6-8-39(40)33(2)3/h6-9,12-13,24-26,30-31,33-35,37,45,67H,5,10-11,14-23,27-29,32H2,1-4H3,(H,56,57)(H,58,59)(H,60,65)/t34?,45-,53?/m0/s1. The van der Waals surface area contributed by atoms with Crippen LogP contribution in [0.15, 0.2) is 71.9 Å². The minimum absolute atomic E-state index is 0.0130. The number of halogens is 1. The van der Waals surface area contributed by atoms with Crippen molar-refractivity contribution in [2.24, 2.45) is 17.3 Å². The number of H-pyrrole nitrogens is 1. The zero-order chi connectivity index (χ0) is 52.1. The van der Waals surface area contributed by atoms with Crippen LogP contribution in [0.3, 0.4) is 0 Å². The second-order valence-electron chi connectivity index (χ2n) is 21.7. The highest BCUT2D eigenvalue weighted by molar-refractivity contribution is 7.90. The Morgan fingerprint density at radius 1 is 1.00 bits per heavy atom. The lowest BCUT2D eigenvalue weighted by Gasteiger charge is -2.58. The van der Waals surface area contributed by atoms with Gasteiger partial charge in [0.2, 0.25) is 11.7 Å². The smallest absolute Gasteiger partial charge is 0.312 e. The predicted molar refractivity (Wildman–Crippen MR) is 277 cm³/mol. The molecule has 5 heterocycles. The van der Waals surface area contributed by atoms with Crippen molar-refractivity contribution in [3.8, 4) is 17.4 Å². The maximum absolute atomic E-state index is 15.0. The number of hydrogen-bond acceptors (Lipinski definition) is 14. The second-order valence-corrected chi connectivity index (χ2v) is 23.4. The number of ether oxygens (including phenoxy) is 2. The van der Waals surface area contributed by atoms with Gasteiger partial charge in [-0.2, -0.15) is 4.98 Å². The first kappa shape index (κ1) is 51.1. The van der Waals surface area contributed by atoms with Gasteiger partial charge in [-0.3, -0.25) is 24.6 Å². The first-order valence-electron chi connectivity index (χ1n) is 26.1. The number of amides is 2. The average Bonchev–Trinajstić information content (AvgIpc) is 4.17. The van der Waals surface area contributed by atoms with Crippen molar-refractivity contribution in [1.29, 1.82) is 0 Å². The van der Waals surface area contributed by atoms with Crippen LogP contribution < -0.4 is 24.4 Å². The number of rotatable bonds is 16. The van der Waals surface area contributed by atoms with E-state index in [2.05, 4.69) is 77.8 Å². The van der Waals surface area contributed by atoms with Crippen LogP contribution in [-0.2, 0) is 14.8 Å². The van der Waals surface area contributed by atoms with Crippen LogP contribution in [0.4, 0.5) is 21.6 Å². The third-order valence-corrected chi connectivity index (χ3v) is 17.5. The van der Waals surface area contributed by atoms with Crippen molar-refractivity contribution >= 4 is 50.1 Å². The summed E-state index contributed by atoms with van der Waals surface area (Å²) in [5, 5.41) is 25.7. The summed E-state index contributed by atoms with van der Waals surface area (Å²) in [5.41, 5.74) is 2.18. The molecule has 4 N–H and O–H groups in total. The molecule has 3 saturated carbocycles. The molecule has 5 aliphatic rings. The van der Waals surface area contributed by atoms with E-state index in [-0.39, 0.29) is 69.7 Å². The van der Waals surface area contributed by atoms with Gasteiger partial charge in [-0.15, -0.1) is 0 Å². The van der Waals surface area contributed by atoms with E-state index in [1.807, 2.05) is 0 Å². The monoisotopic (exact) mass is 1040 g/mol. The van der Waals surface area contributed by atoms with Gasteiger partial charge >= 0.3 is 5.69 Å². The molecule has 3 aliphatic carbocycles. The molecule has 10 rings (SSSR count). The topological polar surface area (TPSA) is 225 Å². The molecule has 2 amide bonds. The lowest BCUT2D eigenvalue weighted by Crippen LogP contribution is -2.60. The van der Waals surface area contributed by atoms with Crippen LogP contribution in [0, 0.1) is 33.2 Å². The zero-order valence-electron chi connectivity index (χ0n) is 42.4. The van der Waals surface area contributed by atoms with Crippen LogP contribution in [0.2, 0.25) is 0 Å². The normalized spacial score (nSPS) is 22.4. The number of hydrogen-bond donors (Lipinski definition) is 4. The molecule has 5 aromatic rings. The van der Waals surface area contributed by atoms with Crippen molar-refractivity contribution in [2.75, 3.05) is 56.1 Å². The SMILES string of the molecule is CCOc1nc2[nH]cc(F)c2cc1Oc1cc(N2CCC3(CC2)CC(N2CCN(C(=O)C4CC4)C[C@H]2c2ccccc2C(C)C)C3)ccc1C(=O)NS(=O)(=O)c1cnc(NCC2CCC(C)(O)CC2)c([N+](=O)[O-])c1. The molecular weight excluding hydrogens is 970 g/mol. The van der Waals surface area contributed by atoms with E-state index in [0.29, 0.717) is 75.4 Å². The van der Waals surface area contributed by atoms with Gasteiger partial charge in [0.1, 0.15) is 22.1 Å². The summed E-state index contributed by atoms with van der Waals surface area (Å²) in [6, 6.07) is 16.3. The largest absolute Gasteiger partial charge is 0.475 e. The van der Waals surface area contributed by atoms with Crippen molar-refractivity contribution in [3.05, 3.63) is 99.6 Å². The minimum atomic E-state index is -4.75. The Kier molecular flexibility index (Phi) is 14.1. The summed E-state index contributed by atoms with van der Waals surface area (Å²) in [4.78, 5) is 56.8. The maximum Gasteiger partial charge on any atom is 0.312 e. The molecule has 0 radical (unpaired) electrons. The van der Waals surface area contributed by atoms with Gasteiger partial charge in [0.15, 0.2) is 5.75 Å². The fourth-order valence-electron chi connectivity index (χ4n) is 11.7. The van der Waals surface area contributed by atoms with Gasteiger partial charge in [-0.25, -0.2) is 22.5 Å². The number of sulfonamides is 1. The van der Waals surface area contributed by atoms with Gasteiger partial charge < -0.3 is 34.7 Å². The van der Waals surface area contributed by atoms with Crippen LogP contribution in [0.25, 0.3) is 11.0 Å². The van der Waals surface area contributed by atoms with E-state index >= 15 is 0 Å². The number of carbonyl (C=O) groups is 2. The van der Waals surface area contributed by atoms with Crippen molar-refractivity contribution in [2.45, 2.75) is 120 Å². The summed E-state index contributed by atoms with van der Waals surface area (Å²) >= 11 is 0. The summed E-state index contributed by atoms with van der Waals surface area (Å²) in [5.74, 6) is -0.902. The van der Waals surface area contributed by atoms with Crippen LogP contribution in [-0.4, -0.2) is 113 Å². The van der Waals surface area contributed by atoms with E-state index in [1.54, 1.807) is 26.0 Å². The Morgan fingerprint density at radius 3 is 2.45 bits per heavy atom. The Morgan fingerprint density at radius 2 is 1.74 bits per heavy atom. The fraction of sp³-hybridized carbons (Fsp3) is 0.519. The third-order valence-electron chi connectivity index (χ3n) is 16.2. The number of fused-ring (bicyclic) bond motifs is 1. The highest BCUT2D eigenvalue weighted by Gasteiger charge is 2.51. The van der Waals surface area contributed by atoms with Gasteiger partial charge in [0.25, 0.3) is 21.8 Å². The number of carbonyl (C=O) groups excluding carboxylic acids is 2.